The van der Waals surface area contributed by atoms with Crippen molar-refractivity contribution in [1.82, 2.24) is 4.98 Å². The van der Waals surface area contributed by atoms with E-state index in [0.717, 1.165) is 11.3 Å². The number of nitrogen functional groups attached to an aromatic ring is 1. The minimum Gasteiger partial charge on any atom is -0.508 e. The smallest absolute Gasteiger partial charge is 0.115 e. The number of rotatable bonds is 2. The number of aromatic hydroxyl groups is 1. The van der Waals surface area contributed by atoms with Crippen molar-refractivity contribution in [3.63, 3.8) is 0 Å². The molecule has 1 aromatic heterocycles. The summed E-state index contributed by atoms with van der Waals surface area (Å²) >= 11 is 0. The maximum absolute atomic E-state index is 9.13. The van der Waals surface area contributed by atoms with Gasteiger partial charge < -0.3 is 10.8 Å². The van der Waals surface area contributed by atoms with Gasteiger partial charge in [0.25, 0.3) is 0 Å². The van der Waals surface area contributed by atoms with Crippen LogP contribution in [0.25, 0.3) is 12.2 Å². The third-order valence-electron chi connectivity index (χ3n) is 2.20. The van der Waals surface area contributed by atoms with E-state index in [2.05, 4.69) is 4.98 Å². The van der Waals surface area contributed by atoms with Gasteiger partial charge in [-0.1, -0.05) is 18.2 Å². The van der Waals surface area contributed by atoms with Crippen LogP contribution in [0, 0.1) is 0 Å². The number of hydrogen-bond acceptors (Lipinski definition) is 3. The molecule has 0 spiro atoms. The highest BCUT2D eigenvalue weighted by Gasteiger charge is 1.93. The lowest BCUT2D eigenvalue weighted by Crippen LogP contribution is -1.90. The van der Waals surface area contributed by atoms with Crippen LogP contribution < -0.4 is 5.73 Å². The molecule has 0 atom stereocenters. The number of hydrogen-bond donors (Lipinski definition) is 2. The highest BCUT2D eigenvalue weighted by Crippen LogP contribution is 2.14. The summed E-state index contributed by atoms with van der Waals surface area (Å²) in [6, 6.07) is 10.5. The van der Waals surface area contributed by atoms with Gasteiger partial charge in [-0.05, 0) is 35.9 Å². The highest BCUT2D eigenvalue weighted by molar-refractivity contribution is 5.73. The monoisotopic (exact) mass is 212 g/mol. The Morgan fingerprint density at radius 3 is 2.50 bits per heavy atom. The molecule has 0 saturated heterocycles. The van der Waals surface area contributed by atoms with E-state index in [-0.39, 0.29) is 5.75 Å². The Morgan fingerprint density at radius 2 is 1.81 bits per heavy atom. The van der Waals surface area contributed by atoms with E-state index in [0.29, 0.717) is 5.69 Å². The number of phenolic OH excluding ortho intramolecular Hbond substituents is 1. The van der Waals surface area contributed by atoms with E-state index in [1.165, 1.54) is 0 Å². The minimum atomic E-state index is 0.259. The number of pyridine rings is 1. The van der Waals surface area contributed by atoms with Crippen LogP contribution in [-0.2, 0) is 0 Å². The molecule has 2 aromatic rings. The van der Waals surface area contributed by atoms with E-state index >= 15 is 0 Å². The molecule has 0 aliphatic carbocycles. The van der Waals surface area contributed by atoms with Gasteiger partial charge in [0.15, 0.2) is 0 Å². The Morgan fingerprint density at radius 1 is 1.06 bits per heavy atom. The number of anilines is 1. The van der Waals surface area contributed by atoms with Crippen LogP contribution >= 0.6 is 0 Å². The molecule has 80 valence electrons. The molecule has 3 nitrogen and oxygen atoms in total. The van der Waals surface area contributed by atoms with Gasteiger partial charge in [-0.15, -0.1) is 0 Å². The molecule has 0 saturated carbocycles. The van der Waals surface area contributed by atoms with E-state index in [9.17, 15) is 0 Å². The molecule has 0 radical (unpaired) electrons. The maximum Gasteiger partial charge on any atom is 0.115 e. The van der Waals surface area contributed by atoms with E-state index in [4.69, 9.17) is 10.8 Å². The zero-order valence-corrected chi connectivity index (χ0v) is 8.67. The van der Waals surface area contributed by atoms with Crippen molar-refractivity contribution in [1.29, 1.82) is 0 Å². The van der Waals surface area contributed by atoms with Crippen LogP contribution in [0.2, 0.25) is 0 Å². The zero-order valence-electron chi connectivity index (χ0n) is 8.67. The van der Waals surface area contributed by atoms with Gasteiger partial charge in [-0.25, -0.2) is 0 Å². The van der Waals surface area contributed by atoms with Crippen molar-refractivity contribution in [2.45, 2.75) is 0 Å². The number of nitrogens with zero attached hydrogens (tertiary/aromatic N) is 1. The second kappa shape index (κ2) is 4.49. The third kappa shape index (κ3) is 2.39. The normalized spacial score (nSPS) is 10.8. The summed E-state index contributed by atoms with van der Waals surface area (Å²) in [5.74, 6) is 0.259. The minimum absolute atomic E-state index is 0.259. The van der Waals surface area contributed by atoms with Crippen LogP contribution in [0.15, 0.2) is 42.6 Å². The van der Waals surface area contributed by atoms with Crippen molar-refractivity contribution < 1.29 is 5.11 Å². The SMILES string of the molecule is Nc1cccnc1/C=C/c1ccc(O)cc1. The Kier molecular flexibility index (Phi) is 2.87. The number of benzene rings is 1. The fraction of sp³-hybridized carbons (Fsp3) is 0. The molecule has 0 fully saturated rings. The Bertz CT molecular complexity index is 504. The molecular formula is C13H12N2O. The first-order chi connectivity index (χ1) is 7.75. The largest absolute Gasteiger partial charge is 0.508 e. The summed E-state index contributed by atoms with van der Waals surface area (Å²) in [5.41, 5.74) is 8.14. The van der Waals surface area contributed by atoms with Crippen LogP contribution in [0.4, 0.5) is 5.69 Å². The molecule has 1 aromatic carbocycles. The number of nitrogens with two attached hydrogens (primary N) is 1. The Labute approximate surface area is 93.9 Å². The first kappa shape index (κ1) is 10.2. The molecule has 3 N–H and O–H groups in total. The first-order valence-electron chi connectivity index (χ1n) is 4.93. The van der Waals surface area contributed by atoms with Gasteiger partial charge >= 0.3 is 0 Å². The summed E-state index contributed by atoms with van der Waals surface area (Å²) in [6.07, 6.45) is 5.45. The lowest BCUT2D eigenvalue weighted by molar-refractivity contribution is 0.475. The van der Waals surface area contributed by atoms with Gasteiger partial charge in [0.2, 0.25) is 0 Å². The molecule has 3 heteroatoms. The third-order valence-corrected chi connectivity index (χ3v) is 2.20. The molecule has 0 aliphatic rings. The summed E-state index contributed by atoms with van der Waals surface area (Å²) < 4.78 is 0. The van der Waals surface area contributed by atoms with Crippen LogP contribution in [-0.4, -0.2) is 10.1 Å². The topological polar surface area (TPSA) is 59.1 Å². The summed E-state index contributed by atoms with van der Waals surface area (Å²) in [6.45, 7) is 0. The second-order valence-electron chi connectivity index (χ2n) is 3.40. The average molecular weight is 212 g/mol. The fourth-order valence-electron chi connectivity index (χ4n) is 1.33. The molecule has 16 heavy (non-hydrogen) atoms. The highest BCUT2D eigenvalue weighted by atomic mass is 16.3. The Hall–Kier alpha value is -2.29. The van der Waals surface area contributed by atoms with Gasteiger partial charge in [0.1, 0.15) is 5.75 Å². The summed E-state index contributed by atoms with van der Waals surface area (Å²) in [5, 5.41) is 9.13. The lowest BCUT2D eigenvalue weighted by Gasteiger charge is -1.98. The van der Waals surface area contributed by atoms with Crippen molar-refractivity contribution in [3.8, 4) is 5.75 Å². The van der Waals surface area contributed by atoms with Crippen molar-refractivity contribution in [2.75, 3.05) is 5.73 Å². The standard InChI is InChI=1S/C13H12N2O/c14-12-2-1-9-15-13(12)8-5-10-3-6-11(16)7-4-10/h1-9,16H,14H2/b8-5+. The molecular weight excluding hydrogens is 200 g/mol. The quantitative estimate of drug-likeness (QED) is 0.804. The van der Waals surface area contributed by atoms with Gasteiger partial charge in [0.05, 0.1) is 11.4 Å². The molecule has 0 bridgehead atoms. The van der Waals surface area contributed by atoms with E-state index < -0.39 is 0 Å². The summed E-state index contributed by atoms with van der Waals surface area (Å²) in [4.78, 5) is 4.15. The van der Waals surface area contributed by atoms with Crippen LogP contribution in [0.5, 0.6) is 5.75 Å². The molecule has 1 heterocycles. The average Bonchev–Trinajstić information content (AvgIpc) is 2.30. The van der Waals surface area contributed by atoms with Gasteiger partial charge in [0, 0.05) is 6.20 Å². The van der Waals surface area contributed by atoms with E-state index in [1.807, 2.05) is 30.4 Å². The van der Waals surface area contributed by atoms with Crippen molar-refractivity contribution >= 4 is 17.8 Å². The second-order valence-corrected chi connectivity index (χ2v) is 3.40. The van der Waals surface area contributed by atoms with Crippen LogP contribution in [0.3, 0.4) is 0 Å². The lowest BCUT2D eigenvalue weighted by atomic mass is 10.2. The van der Waals surface area contributed by atoms with Gasteiger partial charge in [-0.3, -0.25) is 4.98 Å². The first-order valence-corrected chi connectivity index (χ1v) is 4.93. The van der Waals surface area contributed by atoms with Gasteiger partial charge in [-0.2, -0.15) is 0 Å². The zero-order chi connectivity index (χ0) is 11.4. The summed E-state index contributed by atoms with van der Waals surface area (Å²) in [7, 11) is 0. The molecule has 0 aliphatic heterocycles. The molecule has 0 amide bonds. The van der Waals surface area contributed by atoms with E-state index in [1.54, 1.807) is 24.4 Å². The number of aromatic nitrogens is 1. The molecule has 2 rings (SSSR count). The van der Waals surface area contributed by atoms with Crippen LogP contribution in [0.1, 0.15) is 11.3 Å². The number of phenols is 1. The fourth-order valence-corrected chi connectivity index (χ4v) is 1.33. The Balaban J connectivity index is 2.21. The predicted molar refractivity (Wildman–Crippen MR) is 65.7 cm³/mol. The van der Waals surface area contributed by atoms with Crippen molar-refractivity contribution in [3.05, 3.63) is 53.9 Å². The molecule has 0 unspecified atom stereocenters. The predicted octanol–water partition coefficient (Wildman–Crippen LogP) is 2.54. The maximum atomic E-state index is 9.13. The van der Waals surface area contributed by atoms with Crippen molar-refractivity contribution in [2.24, 2.45) is 0 Å².